The summed E-state index contributed by atoms with van der Waals surface area (Å²) in [5.74, 6) is 0.563. The Balaban J connectivity index is 2.78. The zero-order valence-corrected chi connectivity index (χ0v) is 13.3. The highest BCUT2D eigenvalue weighted by Crippen LogP contribution is 2.20. The number of anilines is 1. The lowest BCUT2D eigenvalue weighted by molar-refractivity contribution is 0.450. The van der Waals surface area contributed by atoms with Crippen molar-refractivity contribution < 1.29 is 8.42 Å². The molecule has 0 heterocycles. The van der Waals surface area contributed by atoms with E-state index in [0.29, 0.717) is 10.8 Å². The second-order valence-corrected chi connectivity index (χ2v) is 7.88. The number of hydrogen-bond donors (Lipinski definition) is 1. The van der Waals surface area contributed by atoms with E-state index in [1.54, 1.807) is 24.3 Å². The van der Waals surface area contributed by atoms with E-state index in [4.69, 9.17) is 11.6 Å². The predicted octanol–water partition coefficient (Wildman–Crippen LogP) is 2.61. The van der Waals surface area contributed by atoms with Gasteiger partial charge in [-0.3, -0.25) is 0 Å². The Morgan fingerprint density at radius 1 is 1.21 bits per heavy atom. The number of sulfonamides is 1. The first-order valence-electron chi connectivity index (χ1n) is 6.01. The lowest BCUT2D eigenvalue weighted by atomic mass is 9.96. The number of rotatable bonds is 6. The number of hydrogen-bond acceptors (Lipinski definition) is 3. The highest BCUT2D eigenvalue weighted by Gasteiger charge is 2.18. The highest BCUT2D eigenvalue weighted by atomic mass is 35.5. The smallest absolute Gasteiger partial charge is 0.242 e. The van der Waals surface area contributed by atoms with Gasteiger partial charge >= 0.3 is 0 Å². The van der Waals surface area contributed by atoms with Gasteiger partial charge in [0, 0.05) is 32.2 Å². The molecule has 0 amide bonds. The summed E-state index contributed by atoms with van der Waals surface area (Å²) in [6.07, 6.45) is 0. The normalized spacial score (nSPS) is 12.7. The van der Waals surface area contributed by atoms with E-state index >= 15 is 0 Å². The maximum absolute atomic E-state index is 11.9. The molecule has 0 aliphatic rings. The third-order valence-electron chi connectivity index (χ3n) is 2.77. The fraction of sp³-hybridized carbons (Fsp3) is 0.538. The van der Waals surface area contributed by atoms with Gasteiger partial charge in [0.1, 0.15) is 0 Å². The first-order chi connectivity index (χ1) is 8.69. The minimum Gasteiger partial charge on any atom is -0.384 e. The molecule has 1 N–H and O–H groups in total. The predicted molar refractivity (Wildman–Crippen MR) is 80.3 cm³/mol. The third kappa shape index (κ3) is 4.37. The summed E-state index contributed by atoms with van der Waals surface area (Å²) in [5.41, 5.74) is 0.881. The SMILES string of the molecule is CN(C)S(=O)(=O)c1ccc(NCC(C)(C)CCl)cc1. The molecule has 6 heteroatoms. The van der Waals surface area contributed by atoms with Crippen molar-refractivity contribution in [2.24, 2.45) is 5.41 Å². The first-order valence-corrected chi connectivity index (χ1v) is 7.99. The van der Waals surface area contributed by atoms with Gasteiger partial charge in [-0.25, -0.2) is 12.7 Å². The quantitative estimate of drug-likeness (QED) is 0.822. The Morgan fingerprint density at radius 2 is 1.74 bits per heavy atom. The van der Waals surface area contributed by atoms with E-state index in [1.807, 2.05) is 0 Å². The van der Waals surface area contributed by atoms with Crippen molar-refractivity contribution in [1.82, 2.24) is 4.31 Å². The van der Waals surface area contributed by atoms with Crippen LogP contribution in [-0.4, -0.2) is 39.2 Å². The molecule has 19 heavy (non-hydrogen) atoms. The van der Waals surface area contributed by atoms with E-state index in [1.165, 1.54) is 18.4 Å². The molecule has 4 nitrogen and oxygen atoms in total. The molecule has 0 unspecified atom stereocenters. The van der Waals surface area contributed by atoms with E-state index in [0.717, 1.165) is 12.2 Å². The summed E-state index contributed by atoms with van der Waals surface area (Å²) >= 11 is 5.85. The van der Waals surface area contributed by atoms with Gasteiger partial charge < -0.3 is 5.32 Å². The largest absolute Gasteiger partial charge is 0.384 e. The Hall–Kier alpha value is -0.780. The molecule has 1 aromatic carbocycles. The third-order valence-corrected chi connectivity index (χ3v) is 5.32. The maximum Gasteiger partial charge on any atom is 0.242 e. The molecule has 1 aromatic rings. The molecule has 1 rings (SSSR count). The van der Waals surface area contributed by atoms with E-state index in [-0.39, 0.29) is 5.41 Å². The minimum absolute atomic E-state index is 0.00403. The van der Waals surface area contributed by atoms with Crippen molar-refractivity contribution in [1.29, 1.82) is 0 Å². The van der Waals surface area contributed by atoms with E-state index < -0.39 is 10.0 Å². The van der Waals surface area contributed by atoms with Crippen molar-refractivity contribution in [3.63, 3.8) is 0 Å². The Labute approximate surface area is 120 Å². The summed E-state index contributed by atoms with van der Waals surface area (Å²) in [4.78, 5) is 0.291. The molecule has 0 fully saturated rings. The average Bonchev–Trinajstić information content (AvgIpc) is 2.37. The van der Waals surface area contributed by atoms with Crippen LogP contribution in [0.1, 0.15) is 13.8 Å². The van der Waals surface area contributed by atoms with Crippen molar-refractivity contribution in [3.8, 4) is 0 Å². The van der Waals surface area contributed by atoms with Gasteiger partial charge in [0.05, 0.1) is 4.90 Å². The van der Waals surface area contributed by atoms with Gasteiger partial charge in [0.15, 0.2) is 0 Å². The molecule has 108 valence electrons. The standard InChI is InChI=1S/C13H21ClN2O2S/c1-13(2,9-14)10-15-11-5-7-12(8-6-11)19(17,18)16(3)4/h5-8,15H,9-10H2,1-4H3. The van der Waals surface area contributed by atoms with Crippen LogP contribution in [-0.2, 0) is 10.0 Å². The molecular weight excluding hydrogens is 284 g/mol. The molecule has 0 aliphatic carbocycles. The Kier molecular flexibility index (Phi) is 5.24. The average molecular weight is 305 g/mol. The fourth-order valence-corrected chi connectivity index (χ4v) is 2.34. The van der Waals surface area contributed by atoms with Crippen LogP contribution in [0.5, 0.6) is 0 Å². The number of halogens is 1. The van der Waals surface area contributed by atoms with Crippen LogP contribution in [0, 0.1) is 5.41 Å². The van der Waals surface area contributed by atoms with E-state index in [9.17, 15) is 8.42 Å². The van der Waals surface area contributed by atoms with Crippen LogP contribution in [0.15, 0.2) is 29.2 Å². The Bertz CT molecular complexity index is 510. The van der Waals surface area contributed by atoms with Gasteiger partial charge in [-0.15, -0.1) is 11.6 Å². The summed E-state index contributed by atoms with van der Waals surface area (Å²) in [6.45, 7) is 4.87. The van der Waals surface area contributed by atoms with Crippen LogP contribution in [0.2, 0.25) is 0 Å². The van der Waals surface area contributed by atoms with Gasteiger partial charge in [-0.05, 0) is 29.7 Å². The van der Waals surface area contributed by atoms with Gasteiger partial charge in [-0.2, -0.15) is 0 Å². The van der Waals surface area contributed by atoms with Crippen LogP contribution in [0.4, 0.5) is 5.69 Å². The zero-order valence-electron chi connectivity index (χ0n) is 11.8. The molecule has 0 spiro atoms. The number of alkyl halides is 1. The summed E-state index contributed by atoms with van der Waals surface area (Å²) in [6, 6.07) is 6.73. The van der Waals surface area contributed by atoms with Gasteiger partial charge in [-0.1, -0.05) is 13.8 Å². The monoisotopic (exact) mass is 304 g/mol. The molecular formula is C13H21ClN2O2S. The summed E-state index contributed by atoms with van der Waals surface area (Å²) in [5, 5.41) is 3.25. The molecule has 0 radical (unpaired) electrons. The fourth-order valence-electron chi connectivity index (χ4n) is 1.34. The van der Waals surface area contributed by atoms with Crippen molar-refractivity contribution in [3.05, 3.63) is 24.3 Å². The summed E-state index contributed by atoms with van der Waals surface area (Å²) < 4.78 is 25.0. The van der Waals surface area contributed by atoms with Gasteiger partial charge in [0.2, 0.25) is 10.0 Å². The lowest BCUT2D eigenvalue weighted by Crippen LogP contribution is -2.24. The van der Waals surface area contributed by atoms with Crippen LogP contribution in [0.3, 0.4) is 0 Å². The van der Waals surface area contributed by atoms with E-state index in [2.05, 4.69) is 19.2 Å². The van der Waals surface area contributed by atoms with Gasteiger partial charge in [0.25, 0.3) is 0 Å². The number of benzene rings is 1. The molecule has 0 aromatic heterocycles. The molecule has 0 bridgehead atoms. The second-order valence-electron chi connectivity index (χ2n) is 5.46. The highest BCUT2D eigenvalue weighted by molar-refractivity contribution is 7.89. The minimum atomic E-state index is -3.36. The summed E-state index contributed by atoms with van der Waals surface area (Å²) in [7, 11) is -0.321. The van der Waals surface area contributed by atoms with Crippen LogP contribution >= 0.6 is 11.6 Å². The molecule has 0 saturated heterocycles. The molecule has 0 aliphatic heterocycles. The number of nitrogens with one attached hydrogen (secondary N) is 1. The lowest BCUT2D eigenvalue weighted by Gasteiger charge is -2.22. The van der Waals surface area contributed by atoms with Crippen molar-refractivity contribution in [2.45, 2.75) is 18.7 Å². The van der Waals surface area contributed by atoms with Crippen molar-refractivity contribution in [2.75, 3.05) is 31.8 Å². The number of nitrogens with zero attached hydrogens (tertiary/aromatic N) is 1. The molecule has 0 saturated carbocycles. The Morgan fingerprint density at radius 3 is 2.16 bits per heavy atom. The second kappa shape index (κ2) is 6.11. The topological polar surface area (TPSA) is 49.4 Å². The van der Waals surface area contributed by atoms with Crippen molar-refractivity contribution >= 4 is 27.3 Å². The zero-order chi connectivity index (χ0) is 14.7. The molecule has 0 atom stereocenters. The van der Waals surface area contributed by atoms with Crippen LogP contribution < -0.4 is 5.32 Å². The van der Waals surface area contributed by atoms with Crippen LogP contribution in [0.25, 0.3) is 0 Å². The first kappa shape index (κ1) is 16.3. The maximum atomic E-state index is 11.9.